The Morgan fingerprint density at radius 1 is 1.00 bits per heavy atom. The van der Waals surface area contributed by atoms with E-state index < -0.39 is 0 Å². The van der Waals surface area contributed by atoms with Gasteiger partial charge in [0, 0.05) is 31.0 Å². The van der Waals surface area contributed by atoms with Crippen LogP contribution in [0, 0.1) is 0 Å². The minimum atomic E-state index is -0.355. The Bertz CT molecular complexity index is 287. The molecule has 0 saturated heterocycles. The summed E-state index contributed by atoms with van der Waals surface area (Å²) < 4.78 is 15.9. The summed E-state index contributed by atoms with van der Waals surface area (Å²) in [5.41, 5.74) is 0.441. The Morgan fingerprint density at radius 2 is 1.68 bits per heavy atom. The molecule has 22 heavy (non-hydrogen) atoms. The third kappa shape index (κ3) is 14.3. The molecule has 1 N–H and O–H groups in total. The highest BCUT2D eigenvalue weighted by atomic mass is 35.5. The largest absolute Gasteiger partial charge is 0.461 e. The molecule has 0 atom stereocenters. The van der Waals surface area contributed by atoms with Crippen LogP contribution in [0.15, 0.2) is 12.2 Å². The fourth-order valence-electron chi connectivity index (χ4n) is 1.62. The molecule has 0 rings (SSSR count). The van der Waals surface area contributed by atoms with Crippen LogP contribution in [0.25, 0.3) is 0 Å². The van der Waals surface area contributed by atoms with Crippen LogP contribution in [0.5, 0.6) is 0 Å². The van der Waals surface area contributed by atoms with Crippen molar-refractivity contribution < 1.29 is 19.0 Å². The van der Waals surface area contributed by atoms with Crippen LogP contribution in [0.1, 0.15) is 32.1 Å². The Kier molecular flexibility index (Phi) is 16.3. The molecule has 0 aliphatic carbocycles. The lowest BCUT2D eigenvalue weighted by atomic mass is 10.2. The Balaban J connectivity index is 3.28. The molecule has 0 heterocycles. The van der Waals surface area contributed by atoms with Crippen molar-refractivity contribution in [3.05, 3.63) is 12.2 Å². The van der Waals surface area contributed by atoms with Crippen molar-refractivity contribution in [3.8, 4) is 0 Å². The van der Waals surface area contributed by atoms with Gasteiger partial charge in [0.25, 0.3) is 0 Å². The summed E-state index contributed by atoms with van der Waals surface area (Å²) in [5, 5.41) is 2.90. The van der Waals surface area contributed by atoms with Crippen molar-refractivity contribution >= 4 is 17.6 Å². The number of carbonyl (C=O) groups excluding carboxylic acids is 1. The maximum Gasteiger partial charge on any atom is 0.333 e. The molecule has 0 aromatic heterocycles. The van der Waals surface area contributed by atoms with Crippen LogP contribution in [0.2, 0.25) is 0 Å². The molecule has 0 radical (unpaired) electrons. The summed E-state index contributed by atoms with van der Waals surface area (Å²) >= 11 is 5.60. The smallest absolute Gasteiger partial charge is 0.333 e. The van der Waals surface area contributed by atoms with Gasteiger partial charge in [0.05, 0.1) is 19.8 Å². The van der Waals surface area contributed by atoms with Crippen LogP contribution >= 0.6 is 11.6 Å². The van der Waals surface area contributed by atoms with E-state index in [1.165, 1.54) is 0 Å². The highest BCUT2D eigenvalue weighted by molar-refractivity contribution is 6.17. The number of esters is 1. The molecule has 0 unspecified atom stereocenters. The van der Waals surface area contributed by atoms with E-state index in [1.54, 1.807) is 7.05 Å². The van der Waals surface area contributed by atoms with E-state index in [4.69, 9.17) is 25.8 Å². The molecule has 0 saturated carbocycles. The molecular formula is C16H30ClNO4. The standard InChI is InChI=1S/C16H30ClNO4/c1-15(16(19)22-12-9-18-2)7-11-21-14-13-20-10-6-4-3-5-8-17/h18H,1,3-14H2,2H3. The lowest BCUT2D eigenvalue weighted by Gasteiger charge is -2.08. The first-order chi connectivity index (χ1) is 10.7. The molecule has 0 aliphatic rings. The van der Waals surface area contributed by atoms with Crippen LogP contribution in [-0.2, 0) is 19.0 Å². The van der Waals surface area contributed by atoms with Gasteiger partial charge in [-0.25, -0.2) is 4.79 Å². The second-order valence-electron chi connectivity index (χ2n) is 4.92. The highest BCUT2D eigenvalue weighted by Crippen LogP contribution is 2.02. The third-order valence-corrected chi connectivity index (χ3v) is 3.23. The normalized spacial score (nSPS) is 10.6. The first kappa shape index (κ1) is 21.4. The minimum absolute atomic E-state index is 0.355. The van der Waals surface area contributed by atoms with Gasteiger partial charge in [-0.05, 0) is 19.9 Å². The van der Waals surface area contributed by atoms with Crippen molar-refractivity contribution in [2.45, 2.75) is 32.1 Å². The molecular weight excluding hydrogens is 306 g/mol. The maximum absolute atomic E-state index is 11.5. The highest BCUT2D eigenvalue weighted by Gasteiger charge is 2.07. The number of nitrogens with one attached hydrogen (secondary N) is 1. The molecule has 0 aromatic carbocycles. The monoisotopic (exact) mass is 335 g/mol. The number of alkyl halides is 1. The summed E-state index contributed by atoms with van der Waals surface area (Å²) in [5.74, 6) is 0.385. The quantitative estimate of drug-likeness (QED) is 0.203. The maximum atomic E-state index is 11.5. The first-order valence-corrected chi connectivity index (χ1v) is 8.46. The average Bonchev–Trinajstić information content (AvgIpc) is 2.52. The fraction of sp³-hybridized carbons (Fsp3) is 0.812. The molecule has 0 aliphatic heterocycles. The SMILES string of the molecule is C=C(CCOCCOCCCCCCCl)C(=O)OCCNC. The van der Waals surface area contributed by atoms with E-state index in [1.807, 2.05) is 0 Å². The van der Waals surface area contributed by atoms with Gasteiger partial charge >= 0.3 is 5.97 Å². The van der Waals surface area contributed by atoms with E-state index in [-0.39, 0.29) is 5.97 Å². The van der Waals surface area contributed by atoms with Gasteiger partial charge in [0.1, 0.15) is 6.61 Å². The van der Waals surface area contributed by atoms with E-state index in [0.717, 1.165) is 38.2 Å². The van der Waals surface area contributed by atoms with Gasteiger partial charge in [-0.2, -0.15) is 0 Å². The zero-order valence-corrected chi connectivity index (χ0v) is 14.5. The molecule has 0 spiro atoms. The summed E-state index contributed by atoms with van der Waals surface area (Å²) in [6, 6.07) is 0. The number of halogens is 1. The lowest BCUT2D eigenvalue weighted by Crippen LogP contribution is -2.18. The summed E-state index contributed by atoms with van der Waals surface area (Å²) in [6.45, 7) is 7.02. The van der Waals surface area contributed by atoms with E-state index >= 15 is 0 Å². The van der Waals surface area contributed by atoms with Gasteiger partial charge in [0.15, 0.2) is 0 Å². The van der Waals surface area contributed by atoms with Gasteiger partial charge in [-0.1, -0.05) is 19.4 Å². The number of ether oxygens (including phenoxy) is 3. The van der Waals surface area contributed by atoms with Crippen molar-refractivity contribution in [2.75, 3.05) is 52.5 Å². The van der Waals surface area contributed by atoms with E-state index in [9.17, 15) is 4.79 Å². The topological polar surface area (TPSA) is 56.8 Å². The van der Waals surface area contributed by atoms with Crippen LogP contribution < -0.4 is 5.32 Å². The van der Waals surface area contributed by atoms with Gasteiger partial charge in [-0.15, -0.1) is 11.6 Å². The number of carbonyl (C=O) groups is 1. The number of unbranched alkanes of at least 4 members (excludes halogenated alkanes) is 3. The third-order valence-electron chi connectivity index (χ3n) is 2.97. The number of hydrogen-bond donors (Lipinski definition) is 1. The second-order valence-corrected chi connectivity index (χ2v) is 5.30. The Morgan fingerprint density at radius 3 is 2.36 bits per heavy atom. The minimum Gasteiger partial charge on any atom is -0.461 e. The molecule has 0 fully saturated rings. The lowest BCUT2D eigenvalue weighted by molar-refractivity contribution is -0.139. The van der Waals surface area contributed by atoms with Crippen molar-refractivity contribution in [2.24, 2.45) is 0 Å². The van der Waals surface area contributed by atoms with Crippen molar-refractivity contribution in [1.29, 1.82) is 0 Å². The summed E-state index contributed by atoms with van der Waals surface area (Å²) in [6.07, 6.45) is 4.94. The van der Waals surface area contributed by atoms with Gasteiger partial charge < -0.3 is 19.5 Å². The fourth-order valence-corrected chi connectivity index (χ4v) is 1.81. The zero-order valence-electron chi connectivity index (χ0n) is 13.7. The number of likely N-dealkylation sites (N-methyl/N-ethyl adjacent to an activating group) is 1. The average molecular weight is 336 g/mol. The molecule has 130 valence electrons. The second kappa shape index (κ2) is 16.7. The van der Waals surface area contributed by atoms with Crippen LogP contribution in [0.4, 0.5) is 0 Å². The molecule has 0 aromatic rings. The van der Waals surface area contributed by atoms with Gasteiger partial charge in [-0.3, -0.25) is 0 Å². The predicted molar refractivity (Wildman–Crippen MR) is 89.5 cm³/mol. The zero-order chi connectivity index (χ0) is 16.5. The molecule has 0 amide bonds. The number of hydrogen-bond acceptors (Lipinski definition) is 5. The van der Waals surface area contributed by atoms with E-state index in [0.29, 0.717) is 45.0 Å². The molecule has 5 nitrogen and oxygen atoms in total. The van der Waals surface area contributed by atoms with Crippen molar-refractivity contribution in [3.63, 3.8) is 0 Å². The van der Waals surface area contributed by atoms with Crippen molar-refractivity contribution in [1.82, 2.24) is 5.32 Å². The summed E-state index contributed by atoms with van der Waals surface area (Å²) in [7, 11) is 1.80. The van der Waals surface area contributed by atoms with Gasteiger partial charge in [0.2, 0.25) is 0 Å². The van der Waals surface area contributed by atoms with Crippen LogP contribution in [0.3, 0.4) is 0 Å². The molecule has 0 bridgehead atoms. The van der Waals surface area contributed by atoms with E-state index in [2.05, 4.69) is 11.9 Å². The van der Waals surface area contributed by atoms with Crippen LogP contribution in [-0.4, -0.2) is 58.5 Å². The summed E-state index contributed by atoms with van der Waals surface area (Å²) in [4.78, 5) is 11.5. The Hall–Kier alpha value is -0.620. The number of rotatable bonds is 16. The predicted octanol–water partition coefficient (Wildman–Crippen LogP) is 2.53. The molecule has 6 heteroatoms. The first-order valence-electron chi connectivity index (χ1n) is 7.93. The Labute approximate surface area is 139 Å².